The lowest BCUT2D eigenvalue weighted by atomic mass is 9.96. The maximum absolute atomic E-state index is 13.5. The van der Waals surface area contributed by atoms with Gasteiger partial charge in [-0.25, -0.2) is 14.4 Å². The summed E-state index contributed by atoms with van der Waals surface area (Å²) in [5, 5.41) is 3.14. The fraction of sp³-hybridized carbons (Fsp3) is 0.333. The number of nitrogens with zero attached hydrogens (tertiary/aromatic N) is 2. The number of aryl methyl sites for hydroxylation is 1. The Morgan fingerprint density at radius 2 is 1.95 bits per heavy atom. The van der Waals surface area contributed by atoms with Gasteiger partial charge in [-0.1, -0.05) is 15.9 Å². The maximum atomic E-state index is 13.5. The molecule has 0 spiro atoms. The second-order valence-electron chi connectivity index (χ2n) is 4.94. The van der Waals surface area contributed by atoms with Crippen molar-refractivity contribution in [3.63, 3.8) is 0 Å². The van der Waals surface area contributed by atoms with Gasteiger partial charge in [-0.05, 0) is 43.9 Å². The number of rotatable bonds is 2. The molecule has 0 unspecified atom stereocenters. The van der Waals surface area contributed by atoms with E-state index in [1.54, 1.807) is 0 Å². The molecule has 0 saturated carbocycles. The molecule has 20 heavy (non-hydrogen) atoms. The van der Waals surface area contributed by atoms with Crippen molar-refractivity contribution in [1.29, 1.82) is 0 Å². The van der Waals surface area contributed by atoms with Crippen LogP contribution in [-0.4, -0.2) is 17.0 Å². The van der Waals surface area contributed by atoms with Crippen molar-refractivity contribution in [3.8, 4) is 11.4 Å². The maximum Gasteiger partial charge on any atom is 0.161 e. The largest absolute Gasteiger partial charge is 0.373 e. The van der Waals surface area contributed by atoms with Crippen molar-refractivity contribution in [2.75, 3.05) is 12.4 Å². The van der Waals surface area contributed by atoms with E-state index in [1.165, 1.54) is 24.1 Å². The molecular weight excluding hydrogens is 321 g/mol. The highest BCUT2D eigenvalue weighted by Gasteiger charge is 2.18. The van der Waals surface area contributed by atoms with Crippen LogP contribution in [0.2, 0.25) is 0 Å². The zero-order valence-corrected chi connectivity index (χ0v) is 12.8. The lowest BCUT2D eigenvalue weighted by molar-refractivity contribution is 0.627. The van der Waals surface area contributed by atoms with Gasteiger partial charge < -0.3 is 5.32 Å². The molecule has 0 aliphatic heterocycles. The van der Waals surface area contributed by atoms with Crippen molar-refractivity contribution in [2.24, 2.45) is 0 Å². The first-order chi connectivity index (χ1) is 9.67. The highest BCUT2D eigenvalue weighted by Crippen LogP contribution is 2.29. The summed E-state index contributed by atoms with van der Waals surface area (Å²) < 4.78 is 14.2. The quantitative estimate of drug-likeness (QED) is 0.902. The van der Waals surface area contributed by atoms with E-state index in [0.29, 0.717) is 15.9 Å². The number of halogens is 2. The predicted octanol–water partition coefficient (Wildman–Crippen LogP) is 3.97. The number of aromatic nitrogens is 2. The third-order valence-corrected chi connectivity index (χ3v) is 4.00. The molecule has 0 saturated heterocycles. The summed E-state index contributed by atoms with van der Waals surface area (Å²) in [6.45, 7) is 0. The van der Waals surface area contributed by atoms with Gasteiger partial charge in [-0.15, -0.1) is 0 Å². The number of anilines is 1. The van der Waals surface area contributed by atoms with Gasteiger partial charge in [0.15, 0.2) is 5.82 Å². The summed E-state index contributed by atoms with van der Waals surface area (Å²) in [5.74, 6) is 1.15. The van der Waals surface area contributed by atoms with Crippen molar-refractivity contribution >= 4 is 21.7 Å². The van der Waals surface area contributed by atoms with Gasteiger partial charge in [0.1, 0.15) is 11.6 Å². The Balaban J connectivity index is 2.14. The average Bonchev–Trinajstić information content (AvgIpc) is 2.45. The van der Waals surface area contributed by atoms with Crippen LogP contribution >= 0.6 is 15.9 Å². The summed E-state index contributed by atoms with van der Waals surface area (Å²) in [4.78, 5) is 9.18. The number of nitrogens with one attached hydrogen (secondary N) is 1. The second-order valence-corrected chi connectivity index (χ2v) is 5.85. The van der Waals surface area contributed by atoms with E-state index >= 15 is 0 Å². The van der Waals surface area contributed by atoms with Gasteiger partial charge in [-0.2, -0.15) is 0 Å². The Bertz CT molecular complexity index is 620. The fourth-order valence-electron chi connectivity index (χ4n) is 2.61. The molecule has 104 valence electrons. The molecule has 0 radical (unpaired) electrons. The molecule has 0 atom stereocenters. The first-order valence-electron chi connectivity index (χ1n) is 6.71. The number of fused-ring (bicyclic) bond motifs is 1. The summed E-state index contributed by atoms with van der Waals surface area (Å²) in [6, 6.07) is 4.74. The third-order valence-electron chi connectivity index (χ3n) is 3.54. The van der Waals surface area contributed by atoms with E-state index < -0.39 is 0 Å². The monoisotopic (exact) mass is 335 g/mol. The van der Waals surface area contributed by atoms with Crippen LogP contribution in [0.1, 0.15) is 24.1 Å². The molecule has 5 heteroatoms. The standard InChI is InChI=1S/C15H15BrFN3/c1-18-15-12-4-2-3-5-13(12)19-14(20-15)9-6-10(16)8-11(17)7-9/h6-8H,2-5H2,1H3,(H,18,19,20). The zero-order valence-electron chi connectivity index (χ0n) is 11.2. The normalized spacial score (nSPS) is 13.9. The van der Waals surface area contributed by atoms with Gasteiger partial charge >= 0.3 is 0 Å². The van der Waals surface area contributed by atoms with Crippen LogP contribution < -0.4 is 5.32 Å². The van der Waals surface area contributed by atoms with Crippen molar-refractivity contribution in [1.82, 2.24) is 9.97 Å². The lowest BCUT2D eigenvalue weighted by Crippen LogP contribution is -2.12. The summed E-state index contributed by atoms with van der Waals surface area (Å²) in [6.07, 6.45) is 4.31. The predicted molar refractivity (Wildman–Crippen MR) is 81.3 cm³/mol. The topological polar surface area (TPSA) is 37.8 Å². The Morgan fingerprint density at radius 3 is 2.70 bits per heavy atom. The Morgan fingerprint density at radius 1 is 1.15 bits per heavy atom. The molecule has 1 aromatic heterocycles. The zero-order chi connectivity index (χ0) is 14.1. The number of hydrogen-bond donors (Lipinski definition) is 1. The molecule has 1 aliphatic carbocycles. The molecule has 1 N–H and O–H groups in total. The minimum absolute atomic E-state index is 0.290. The highest BCUT2D eigenvalue weighted by molar-refractivity contribution is 9.10. The Labute approximate surface area is 125 Å². The molecular formula is C15H15BrFN3. The molecule has 0 amide bonds. The van der Waals surface area contributed by atoms with E-state index in [2.05, 4.69) is 31.2 Å². The van der Waals surface area contributed by atoms with Crippen molar-refractivity contribution < 1.29 is 4.39 Å². The van der Waals surface area contributed by atoms with E-state index in [1.807, 2.05) is 13.1 Å². The highest BCUT2D eigenvalue weighted by atomic mass is 79.9. The van der Waals surface area contributed by atoms with E-state index in [0.717, 1.165) is 30.8 Å². The van der Waals surface area contributed by atoms with Gasteiger partial charge in [0.2, 0.25) is 0 Å². The van der Waals surface area contributed by atoms with E-state index in [4.69, 9.17) is 0 Å². The van der Waals surface area contributed by atoms with Crippen LogP contribution in [0, 0.1) is 5.82 Å². The van der Waals surface area contributed by atoms with Crippen LogP contribution in [0.15, 0.2) is 22.7 Å². The number of benzene rings is 1. The van der Waals surface area contributed by atoms with Crippen LogP contribution in [0.4, 0.5) is 10.2 Å². The smallest absolute Gasteiger partial charge is 0.161 e. The molecule has 1 aliphatic rings. The van der Waals surface area contributed by atoms with Crippen molar-refractivity contribution in [3.05, 3.63) is 39.7 Å². The molecule has 1 heterocycles. The minimum atomic E-state index is -0.290. The van der Waals surface area contributed by atoms with Crippen molar-refractivity contribution in [2.45, 2.75) is 25.7 Å². The summed E-state index contributed by atoms with van der Waals surface area (Å²) in [5.41, 5.74) is 2.99. The van der Waals surface area contributed by atoms with Crippen LogP contribution in [0.5, 0.6) is 0 Å². The Kier molecular flexibility index (Phi) is 3.70. The lowest BCUT2D eigenvalue weighted by Gasteiger charge is -2.18. The summed E-state index contributed by atoms with van der Waals surface area (Å²) in [7, 11) is 1.86. The SMILES string of the molecule is CNc1nc(-c2cc(F)cc(Br)c2)nc2c1CCCC2. The summed E-state index contributed by atoms with van der Waals surface area (Å²) >= 11 is 3.31. The first kappa shape index (κ1) is 13.5. The molecule has 3 nitrogen and oxygen atoms in total. The molecule has 3 rings (SSSR count). The minimum Gasteiger partial charge on any atom is -0.373 e. The van der Waals surface area contributed by atoms with Gasteiger partial charge in [0.25, 0.3) is 0 Å². The van der Waals surface area contributed by atoms with E-state index in [9.17, 15) is 4.39 Å². The second kappa shape index (κ2) is 5.48. The van der Waals surface area contributed by atoms with Gasteiger partial charge in [-0.3, -0.25) is 0 Å². The molecule has 1 aromatic carbocycles. The third kappa shape index (κ3) is 2.54. The van der Waals surface area contributed by atoms with Crippen LogP contribution in [-0.2, 0) is 12.8 Å². The number of hydrogen-bond acceptors (Lipinski definition) is 3. The average molecular weight is 336 g/mol. The van der Waals surface area contributed by atoms with Crippen LogP contribution in [0.25, 0.3) is 11.4 Å². The molecule has 0 fully saturated rings. The van der Waals surface area contributed by atoms with E-state index in [-0.39, 0.29) is 5.82 Å². The first-order valence-corrected chi connectivity index (χ1v) is 7.50. The Hall–Kier alpha value is -1.49. The van der Waals surface area contributed by atoms with Crippen LogP contribution in [0.3, 0.4) is 0 Å². The molecule has 2 aromatic rings. The van der Waals surface area contributed by atoms with Gasteiger partial charge in [0, 0.05) is 28.3 Å². The fourth-order valence-corrected chi connectivity index (χ4v) is 3.08. The van der Waals surface area contributed by atoms with Gasteiger partial charge in [0.05, 0.1) is 0 Å². The molecule has 0 bridgehead atoms.